The predicted molar refractivity (Wildman–Crippen MR) is 122 cm³/mol. The maximum atomic E-state index is 13.2. The van der Waals surface area contributed by atoms with Crippen molar-refractivity contribution in [1.82, 2.24) is 24.4 Å². The molecule has 9 heteroatoms. The molecule has 4 aromatic rings. The number of carbonyl (C=O) groups excluding carboxylic acids is 1. The number of nitrogens with zero attached hydrogens (tertiary/aromatic N) is 6. The Labute approximate surface area is 189 Å². The largest absolute Gasteiger partial charge is 0.353 e. The Balaban J connectivity index is 1.24. The van der Waals surface area contributed by atoms with E-state index < -0.39 is 0 Å². The molecule has 0 bridgehead atoms. The lowest BCUT2D eigenvalue weighted by Gasteiger charge is -2.35. The van der Waals surface area contributed by atoms with Gasteiger partial charge in [0.1, 0.15) is 24.5 Å². The van der Waals surface area contributed by atoms with Crippen LogP contribution in [0.25, 0.3) is 22.2 Å². The van der Waals surface area contributed by atoms with Crippen molar-refractivity contribution in [2.24, 2.45) is 0 Å². The standard InChI is InChI=1S/C24H21FN6O2/c25-18-7-5-17(6-8-18)21-13-22(27-15-26-21)29-9-11-30(12-10-29)23(32)14-31-16-28-20-4-2-1-3-19(20)24(31)33/h1-8,13,15-16H,9-12,14H2. The van der Waals surface area contributed by atoms with Crippen molar-refractivity contribution in [1.29, 1.82) is 0 Å². The Bertz CT molecular complexity index is 1360. The smallest absolute Gasteiger partial charge is 0.261 e. The van der Waals surface area contributed by atoms with Crippen LogP contribution in [0.5, 0.6) is 0 Å². The quantitative estimate of drug-likeness (QED) is 0.481. The molecule has 0 unspecified atom stereocenters. The second-order valence-electron chi connectivity index (χ2n) is 7.83. The van der Waals surface area contributed by atoms with E-state index in [1.807, 2.05) is 12.1 Å². The Hall–Kier alpha value is -4.14. The molecule has 0 atom stereocenters. The normalized spacial score (nSPS) is 14.0. The second kappa shape index (κ2) is 8.78. The summed E-state index contributed by atoms with van der Waals surface area (Å²) in [4.78, 5) is 42.3. The minimum absolute atomic E-state index is 0.0428. The number of hydrogen-bond donors (Lipinski definition) is 0. The summed E-state index contributed by atoms with van der Waals surface area (Å²) in [5.74, 6) is 0.338. The number of anilines is 1. The van der Waals surface area contributed by atoms with Crippen LogP contribution in [-0.2, 0) is 11.3 Å². The van der Waals surface area contributed by atoms with E-state index in [1.54, 1.807) is 35.2 Å². The van der Waals surface area contributed by atoms with E-state index in [-0.39, 0.29) is 23.8 Å². The van der Waals surface area contributed by atoms with Crippen molar-refractivity contribution in [3.8, 4) is 11.3 Å². The SMILES string of the molecule is O=C(Cn1cnc2ccccc2c1=O)N1CCN(c2cc(-c3ccc(F)cc3)ncn2)CC1. The highest BCUT2D eigenvalue weighted by atomic mass is 19.1. The molecule has 5 rings (SSSR count). The molecule has 1 amide bonds. The lowest BCUT2D eigenvalue weighted by Crippen LogP contribution is -2.50. The summed E-state index contributed by atoms with van der Waals surface area (Å²) in [6.07, 6.45) is 2.92. The van der Waals surface area contributed by atoms with Gasteiger partial charge in [-0.1, -0.05) is 12.1 Å². The fourth-order valence-corrected chi connectivity index (χ4v) is 3.95. The number of fused-ring (bicyclic) bond motifs is 1. The zero-order chi connectivity index (χ0) is 22.8. The number of benzene rings is 2. The van der Waals surface area contributed by atoms with Crippen LogP contribution in [0.1, 0.15) is 0 Å². The van der Waals surface area contributed by atoms with Crippen LogP contribution in [-0.4, -0.2) is 56.5 Å². The number of hydrogen-bond acceptors (Lipinski definition) is 6. The Morgan fingerprint density at radius 3 is 2.48 bits per heavy atom. The van der Waals surface area contributed by atoms with Crippen LogP contribution in [0, 0.1) is 5.82 Å². The molecule has 1 aliphatic rings. The summed E-state index contributed by atoms with van der Waals surface area (Å²) in [7, 11) is 0. The molecule has 1 fully saturated rings. The van der Waals surface area contributed by atoms with Gasteiger partial charge < -0.3 is 9.80 Å². The highest BCUT2D eigenvalue weighted by Crippen LogP contribution is 2.22. The summed E-state index contributed by atoms with van der Waals surface area (Å²) < 4.78 is 14.6. The van der Waals surface area contributed by atoms with E-state index in [9.17, 15) is 14.0 Å². The third-order valence-corrected chi connectivity index (χ3v) is 5.79. The van der Waals surface area contributed by atoms with E-state index in [4.69, 9.17) is 0 Å². The van der Waals surface area contributed by atoms with Crippen molar-refractivity contribution in [3.05, 3.63) is 83.4 Å². The first kappa shape index (κ1) is 20.7. The first-order chi connectivity index (χ1) is 16.1. The summed E-state index contributed by atoms with van der Waals surface area (Å²) in [6.45, 7) is 2.21. The van der Waals surface area contributed by atoms with Crippen LogP contribution < -0.4 is 10.5 Å². The molecule has 0 spiro atoms. The van der Waals surface area contributed by atoms with E-state index in [1.165, 1.54) is 29.4 Å². The van der Waals surface area contributed by atoms with Crippen LogP contribution in [0.3, 0.4) is 0 Å². The molecule has 0 aliphatic carbocycles. The number of carbonyl (C=O) groups is 1. The van der Waals surface area contributed by atoms with Gasteiger partial charge in [-0.2, -0.15) is 0 Å². The predicted octanol–water partition coefficient (Wildman–Crippen LogP) is 2.34. The molecule has 0 saturated carbocycles. The van der Waals surface area contributed by atoms with Crippen molar-refractivity contribution in [3.63, 3.8) is 0 Å². The monoisotopic (exact) mass is 444 g/mol. The third-order valence-electron chi connectivity index (χ3n) is 5.79. The third kappa shape index (κ3) is 4.30. The first-order valence-corrected chi connectivity index (χ1v) is 10.6. The average Bonchev–Trinajstić information content (AvgIpc) is 2.86. The van der Waals surface area contributed by atoms with Gasteiger partial charge in [-0.05, 0) is 36.4 Å². The van der Waals surface area contributed by atoms with Crippen molar-refractivity contribution in [2.45, 2.75) is 6.54 Å². The van der Waals surface area contributed by atoms with Crippen LogP contribution in [0.2, 0.25) is 0 Å². The molecular formula is C24H21FN6O2. The summed E-state index contributed by atoms with van der Waals surface area (Å²) in [6, 6.07) is 15.1. The van der Waals surface area contributed by atoms with Crippen LogP contribution in [0.4, 0.5) is 10.2 Å². The maximum absolute atomic E-state index is 13.2. The fraction of sp³-hybridized carbons (Fsp3) is 0.208. The second-order valence-corrected chi connectivity index (χ2v) is 7.83. The van der Waals surface area contributed by atoms with E-state index in [0.29, 0.717) is 42.8 Å². The molecule has 1 saturated heterocycles. The molecule has 2 aromatic carbocycles. The number of para-hydroxylation sites is 1. The van der Waals surface area contributed by atoms with Gasteiger partial charge in [-0.3, -0.25) is 14.2 Å². The molecule has 1 aliphatic heterocycles. The van der Waals surface area contributed by atoms with Crippen molar-refractivity contribution >= 4 is 22.6 Å². The number of rotatable bonds is 4. The molecule has 33 heavy (non-hydrogen) atoms. The molecule has 166 valence electrons. The summed E-state index contributed by atoms with van der Waals surface area (Å²) in [5.41, 5.74) is 1.91. The lowest BCUT2D eigenvalue weighted by molar-refractivity contribution is -0.132. The lowest BCUT2D eigenvalue weighted by atomic mass is 10.1. The highest BCUT2D eigenvalue weighted by molar-refractivity contribution is 5.79. The average molecular weight is 444 g/mol. The molecule has 2 aromatic heterocycles. The molecule has 0 N–H and O–H groups in total. The van der Waals surface area contributed by atoms with E-state index in [0.717, 1.165) is 11.4 Å². The Morgan fingerprint density at radius 2 is 1.70 bits per heavy atom. The van der Waals surface area contributed by atoms with Gasteiger partial charge in [0, 0.05) is 37.8 Å². The summed E-state index contributed by atoms with van der Waals surface area (Å²) >= 11 is 0. The molecule has 0 radical (unpaired) electrons. The van der Waals surface area contributed by atoms with Crippen molar-refractivity contribution < 1.29 is 9.18 Å². The fourth-order valence-electron chi connectivity index (χ4n) is 3.95. The van der Waals surface area contributed by atoms with E-state index in [2.05, 4.69) is 19.9 Å². The van der Waals surface area contributed by atoms with Crippen LogP contribution in [0.15, 0.2) is 72.0 Å². The topological polar surface area (TPSA) is 84.2 Å². The number of amides is 1. The zero-order valence-corrected chi connectivity index (χ0v) is 17.8. The van der Waals surface area contributed by atoms with Crippen LogP contribution >= 0.6 is 0 Å². The van der Waals surface area contributed by atoms with Gasteiger partial charge in [0.2, 0.25) is 5.91 Å². The Morgan fingerprint density at radius 1 is 0.939 bits per heavy atom. The first-order valence-electron chi connectivity index (χ1n) is 10.6. The van der Waals surface area contributed by atoms with Gasteiger partial charge in [0.05, 0.1) is 22.9 Å². The Kier molecular flexibility index (Phi) is 5.52. The van der Waals surface area contributed by atoms with Gasteiger partial charge in [-0.25, -0.2) is 19.3 Å². The van der Waals surface area contributed by atoms with E-state index >= 15 is 0 Å². The molecular weight excluding hydrogens is 423 g/mol. The molecule has 8 nitrogen and oxygen atoms in total. The maximum Gasteiger partial charge on any atom is 0.261 e. The zero-order valence-electron chi connectivity index (χ0n) is 17.8. The van der Waals surface area contributed by atoms with Gasteiger partial charge in [-0.15, -0.1) is 0 Å². The van der Waals surface area contributed by atoms with Crippen molar-refractivity contribution in [2.75, 3.05) is 31.1 Å². The van der Waals surface area contributed by atoms with Gasteiger partial charge in [0.15, 0.2) is 0 Å². The van der Waals surface area contributed by atoms with Gasteiger partial charge >= 0.3 is 0 Å². The number of aromatic nitrogens is 4. The highest BCUT2D eigenvalue weighted by Gasteiger charge is 2.23. The number of piperazine rings is 1. The molecule has 3 heterocycles. The van der Waals surface area contributed by atoms with Gasteiger partial charge in [0.25, 0.3) is 5.56 Å². The summed E-state index contributed by atoms with van der Waals surface area (Å²) in [5, 5.41) is 0.498. The minimum atomic E-state index is -0.296. The number of halogens is 1. The minimum Gasteiger partial charge on any atom is -0.353 e.